The molecule has 0 bridgehead atoms. The summed E-state index contributed by atoms with van der Waals surface area (Å²) in [5.41, 5.74) is 6.31. The van der Waals surface area contributed by atoms with E-state index in [0.717, 1.165) is 23.5 Å². The highest BCUT2D eigenvalue weighted by atomic mass is 15.1. The Hall–Kier alpha value is -2.57. The van der Waals surface area contributed by atoms with Gasteiger partial charge in [0.2, 0.25) is 0 Å². The van der Waals surface area contributed by atoms with Gasteiger partial charge in [-0.2, -0.15) is 5.26 Å². The number of benzene rings is 2. The van der Waals surface area contributed by atoms with E-state index in [1.165, 1.54) is 48.0 Å². The van der Waals surface area contributed by atoms with Crippen molar-refractivity contribution < 1.29 is 0 Å². The average molecular weight is 327 g/mol. The number of nitriles is 1. The van der Waals surface area contributed by atoms with Crippen LogP contribution in [-0.2, 0) is 13.0 Å². The van der Waals surface area contributed by atoms with Gasteiger partial charge in [0.25, 0.3) is 0 Å². The van der Waals surface area contributed by atoms with Crippen LogP contribution in [0.15, 0.2) is 48.7 Å². The van der Waals surface area contributed by atoms with Gasteiger partial charge in [-0.15, -0.1) is 0 Å². The highest BCUT2D eigenvalue weighted by Gasteiger charge is 2.40. The zero-order valence-electron chi connectivity index (χ0n) is 14.2. The Labute approximate surface area is 147 Å². The molecule has 1 N–H and O–H groups in total. The fourth-order valence-electron chi connectivity index (χ4n) is 4.39. The zero-order valence-corrected chi connectivity index (χ0v) is 14.2. The first-order valence-corrected chi connectivity index (χ1v) is 9.12. The number of rotatable bonds is 3. The molecule has 1 aliphatic carbocycles. The fourth-order valence-corrected chi connectivity index (χ4v) is 4.39. The molecule has 2 heterocycles. The van der Waals surface area contributed by atoms with Crippen LogP contribution in [0, 0.1) is 17.2 Å². The van der Waals surface area contributed by atoms with E-state index in [1.807, 2.05) is 18.2 Å². The van der Waals surface area contributed by atoms with Gasteiger partial charge < -0.3 is 4.98 Å². The quantitative estimate of drug-likeness (QED) is 0.783. The van der Waals surface area contributed by atoms with Crippen LogP contribution in [-0.4, -0.2) is 23.0 Å². The maximum Gasteiger partial charge on any atom is 0.0991 e. The lowest BCUT2D eigenvalue weighted by molar-refractivity contribution is 0.242. The Kier molecular flexibility index (Phi) is 3.39. The van der Waals surface area contributed by atoms with Gasteiger partial charge in [-0.1, -0.05) is 24.3 Å². The minimum atomic E-state index is 0.639. The van der Waals surface area contributed by atoms with E-state index in [1.54, 1.807) is 0 Å². The maximum atomic E-state index is 9.16. The third-order valence-corrected chi connectivity index (χ3v) is 5.87. The molecule has 3 aromatic rings. The molecule has 3 nitrogen and oxygen atoms in total. The SMILES string of the molecule is N#Cc1ccc2[nH]cc([C@@H]3C[C@H]3CN3CCc4ccccc4C3)c2c1. The molecular weight excluding hydrogens is 306 g/mol. The summed E-state index contributed by atoms with van der Waals surface area (Å²) in [4.78, 5) is 5.99. The summed E-state index contributed by atoms with van der Waals surface area (Å²) >= 11 is 0. The van der Waals surface area contributed by atoms with Crippen LogP contribution in [0.1, 0.15) is 34.6 Å². The van der Waals surface area contributed by atoms with E-state index in [0.29, 0.717) is 5.92 Å². The monoisotopic (exact) mass is 327 g/mol. The van der Waals surface area contributed by atoms with E-state index in [-0.39, 0.29) is 0 Å². The topological polar surface area (TPSA) is 42.8 Å². The van der Waals surface area contributed by atoms with Crippen molar-refractivity contribution in [3.05, 3.63) is 70.9 Å². The largest absolute Gasteiger partial charge is 0.361 e. The van der Waals surface area contributed by atoms with Crippen molar-refractivity contribution in [2.24, 2.45) is 5.92 Å². The molecule has 3 heteroatoms. The van der Waals surface area contributed by atoms with Crippen molar-refractivity contribution in [2.45, 2.75) is 25.3 Å². The first kappa shape index (κ1) is 14.7. The molecular formula is C22H21N3. The van der Waals surface area contributed by atoms with Crippen molar-refractivity contribution in [2.75, 3.05) is 13.1 Å². The van der Waals surface area contributed by atoms with Crippen molar-refractivity contribution in [3.63, 3.8) is 0 Å². The molecule has 0 radical (unpaired) electrons. The van der Waals surface area contributed by atoms with Crippen LogP contribution < -0.4 is 0 Å². The van der Waals surface area contributed by atoms with Crippen molar-refractivity contribution >= 4 is 10.9 Å². The van der Waals surface area contributed by atoms with Gasteiger partial charge in [0, 0.05) is 36.7 Å². The van der Waals surface area contributed by atoms with Crippen LogP contribution in [0.3, 0.4) is 0 Å². The van der Waals surface area contributed by atoms with Crippen LogP contribution >= 0.6 is 0 Å². The predicted octanol–water partition coefficient (Wildman–Crippen LogP) is 4.20. The smallest absolute Gasteiger partial charge is 0.0991 e. The number of aromatic amines is 1. The molecule has 0 saturated heterocycles. The Balaban J connectivity index is 1.31. The second-order valence-electron chi connectivity index (χ2n) is 7.47. The Bertz CT molecular complexity index is 978. The van der Waals surface area contributed by atoms with Crippen molar-refractivity contribution in [1.29, 1.82) is 5.26 Å². The normalized spacial score (nSPS) is 22.5. The number of hydrogen-bond donors (Lipinski definition) is 1. The molecule has 124 valence electrons. The first-order valence-electron chi connectivity index (χ1n) is 9.12. The Morgan fingerprint density at radius 3 is 2.92 bits per heavy atom. The standard InChI is InChI=1S/C22H21N3/c23-11-15-5-6-22-20(9-15)21(12-24-22)19-10-18(19)14-25-8-7-16-3-1-2-4-17(16)13-25/h1-6,9,12,18-19,24H,7-8,10,13-14H2/t18-,19+/m0/s1. The molecule has 5 rings (SSSR count). The molecule has 2 aromatic carbocycles. The van der Waals surface area contributed by atoms with Crippen molar-refractivity contribution in [1.82, 2.24) is 9.88 Å². The van der Waals surface area contributed by atoms with Gasteiger partial charge >= 0.3 is 0 Å². The third-order valence-electron chi connectivity index (χ3n) is 5.87. The number of H-pyrrole nitrogens is 1. The number of aromatic nitrogens is 1. The van der Waals surface area contributed by atoms with Crippen LogP contribution in [0.25, 0.3) is 10.9 Å². The second kappa shape index (κ2) is 5.75. The van der Waals surface area contributed by atoms with Gasteiger partial charge in [0.15, 0.2) is 0 Å². The van der Waals surface area contributed by atoms with Gasteiger partial charge in [-0.25, -0.2) is 0 Å². The number of fused-ring (bicyclic) bond motifs is 2. The zero-order chi connectivity index (χ0) is 16.8. The summed E-state index contributed by atoms with van der Waals surface area (Å²) in [6.45, 7) is 3.45. The lowest BCUT2D eigenvalue weighted by Gasteiger charge is -2.28. The molecule has 0 amide bonds. The van der Waals surface area contributed by atoms with E-state index in [2.05, 4.69) is 46.4 Å². The average Bonchev–Trinajstić information content (AvgIpc) is 3.28. The van der Waals surface area contributed by atoms with Gasteiger partial charge in [-0.05, 0) is 59.6 Å². The Morgan fingerprint density at radius 2 is 2.04 bits per heavy atom. The van der Waals surface area contributed by atoms with E-state index in [9.17, 15) is 0 Å². The molecule has 0 spiro atoms. The minimum absolute atomic E-state index is 0.639. The highest BCUT2D eigenvalue weighted by molar-refractivity contribution is 5.85. The van der Waals surface area contributed by atoms with Crippen molar-refractivity contribution in [3.8, 4) is 6.07 Å². The molecule has 1 aromatic heterocycles. The molecule has 1 saturated carbocycles. The maximum absolute atomic E-state index is 9.16. The van der Waals surface area contributed by atoms with Gasteiger partial charge in [0.05, 0.1) is 11.6 Å². The first-order chi connectivity index (χ1) is 12.3. The lowest BCUT2D eigenvalue weighted by Crippen LogP contribution is -2.32. The summed E-state index contributed by atoms with van der Waals surface area (Å²) in [5.74, 6) is 1.38. The summed E-state index contributed by atoms with van der Waals surface area (Å²) in [5, 5.41) is 10.4. The van der Waals surface area contributed by atoms with E-state index < -0.39 is 0 Å². The predicted molar refractivity (Wildman–Crippen MR) is 99.3 cm³/mol. The summed E-state index contributed by atoms with van der Waals surface area (Å²) in [6, 6.07) is 17.1. The molecule has 2 aliphatic rings. The highest BCUT2D eigenvalue weighted by Crippen LogP contribution is 2.50. The van der Waals surface area contributed by atoms with E-state index in [4.69, 9.17) is 5.26 Å². The van der Waals surface area contributed by atoms with Crippen LogP contribution in [0.2, 0.25) is 0 Å². The third kappa shape index (κ3) is 2.63. The lowest BCUT2D eigenvalue weighted by atomic mass is 9.99. The molecule has 1 aliphatic heterocycles. The van der Waals surface area contributed by atoms with Crippen LogP contribution in [0.4, 0.5) is 0 Å². The molecule has 0 unspecified atom stereocenters. The summed E-state index contributed by atoms with van der Waals surface area (Å²) in [7, 11) is 0. The second-order valence-corrected chi connectivity index (χ2v) is 7.47. The van der Waals surface area contributed by atoms with Gasteiger partial charge in [-0.3, -0.25) is 4.90 Å². The summed E-state index contributed by atoms with van der Waals surface area (Å²) < 4.78 is 0. The number of nitrogens with zero attached hydrogens (tertiary/aromatic N) is 2. The Morgan fingerprint density at radius 1 is 1.16 bits per heavy atom. The fraction of sp³-hybridized carbons (Fsp3) is 0.318. The molecule has 2 atom stereocenters. The minimum Gasteiger partial charge on any atom is -0.361 e. The van der Waals surface area contributed by atoms with Gasteiger partial charge in [0.1, 0.15) is 0 Å². The van der Waals surface area contributed by atoms with Crippen LogP contribution in [0.5, 0.6) is 0 Å². The number of hydrogen-bond acceptors (Lipinski definition) is 2. The van der Waals surface area contributed by atoms with E-state index >= 15 is 0 Å². The number of nitrogens with one attached hydrogen (secondary N) is 1. The summed E-state index contributed by atoms with van der Waals surface area (Å²) in [6.07, 6.45) is 4.59. The molecule has 25 heavy (non-hydrogen) atoms. The molecule has 1 fully saturated rings.